The number of anilines is 1. The van der Waals surface area contributed by atoms with E-state index in [1.807, 2.05) is 26.1 Å². The SMILES string of the molecule is COCCNc1nc(C)cn1CCc1ccc(F)cc1C. The van der Waals surface area contributed by atoms with E-state index in [2.05, 4.69) is 14.9 Å². The molecule has 1 aromatic carbocycles. The van der Waals surface area contributed by atoms with Gasteiger partial charge in [0, 0.05) is 26.4 Å². The first-order valence-corrected chi connectivity index (χ1v) is 7.11. The third-order valence-corrected chi connectivity index (χ3v) is 3.41. The number of rotatable bonds is 7. The van der Waals surface area contributed by atoms with E-state index in [4.69, 9.17) is 4.74 Å². The molecule has 4 nitrogen and oxygen atoms in total. The second-order valence-electron chi connectivity index (χ2n) is 5.14. The fourth-order valence-electron chi connectivity index (χ4n) is 2.30. The van der Waals surface area contributed by atoms with Gasteiger partial charge in [-0.3, -0.25) is 0 Å². The molecule has 5 heteroatoms. The van der Waals surface area contributed by atoms with Gasteiger partial charge in [-0.2, -0.15) is 0 Å². The highest BCUT2D eigenvalue weighted by Gasteiger charge is 2.06. The van der Waals surface area contributed by atoms with Gasteiger partial charge in [0.05, 0.1) is 12.3 Å². The van der Waals surface area contributed by atoms with Gasteiger partial charge in [-0.15, -0.1) is 0 Å². The van der Waals surface area contributed by atoms with Crippen LogP contribution in [-0.2, 0) is 17.7 Å². The molecule has 1 heterocycles. The molecule has 21 heavy (non-hydrogen) atoms. The first kappa shape index (κ1) is 15.5. The minimum Gasteiger partial charge on any atom is -0.383 e. The molecule has 1 aromatic heterocycles. The van der Waals surface area contributed by atoms with Crippen molar-refractivity contribution in [2.24, 2.45) is 0 Å². The number of hydrogen-bond donors (Lipinski definition) is 1. The lowest BCUT2D eigenvalue weighted by Gasteiger charge is -2.11. The van der Waals surface area contributed by atoms with Crippen molar-refractivity contribution in [3.05, 3.63) is 47.0 Å². The van der Waals surface area contributed by atoms with Crippen LogP contribution in [0.25, 0.3) is 0 Å². The molecule has 0 saturated carbocycles. The largest absolute Gasteiger partial charge is 0.383 e. The first-order valence-electron chi connectivity index (χ1n) is 7.11. The van der Waals surface area contributed by atoms with Crippen molar-refractivity contribution in [1.82, 2.24) is 9.55 Å². The second kappa shape index (κ2) is 7.22. The molecule has 2 rings (SSSR count). The zero-order chi connectivity index (χ0) is 15.2. The molecule has 0 aliphatic heterocycles. The van der Waals surface area contributed by atoms with E-state index in [1.54, 1.807) is 13.2 Å². The number of halogens is 1. The van der Waals surface area contributed by atoms with Gasteiger partial charge in [0.1, 0.15) is 5.82 Å². The molecule has 0 atom stereocenters. The van der Waals surface area contributed by atoms with Crippen LogP contribution in [0.4, 0.5) is 10.3 Å². The minimum atomic E-state index is -0.184. The van der Waals surface area contributed by atoms with Crippen LogP contribution < -0.4 is 5.32 Å². The summed E-state index contributed by atoms with van der Waals surface area (Å²) in [5.41, 5.74) is 3.12. The molecule has 0 saturated heterocycles. The maximum atomic E-state index is 13.1. The fraction of sp³-hybridized carbons (Fsp3) is 0.438. The standard InChI is InChI=1S/C16H22FN3O/c1-12-10-15(17)5-4-14(12)6-8-20-11-13(2)19-16(20)18-7-9-21-3/h4-5,10-11H,6-9H2,1-3H3,(H,18,19). The number of aryl methyl sites for hydroxylation is 4. The predicted octanol–water partition coefficient (Wildman–Crippen LogP) is 2.94. The van der Waals surface area contributed by atoms with Crippen LogP contribution in [0.5, 0.6) is 0 Å². The summed E-state index contributed by atoms with van der Waals surface area (Å²) in [6, 6.07) is 4.94. The quantitative estimate of drug-likeness (QED) is 0.797. The zero-order valence-corrected chi connectivity index (χ0v) is 12.8. The average Bonchev–Trinajstić information content (AvgIpc) is 2.78. The first-order chi connectivity index (χ1) is 10.1. The van der Waals surface area contributed by atoms with Gasteiger partial charge in [-0.05, 0) is 43.5 Å². The monoisotopic (exact) mass is 291 g/mol. The van der Waals surface area contributed by atoms with E-state index < -0.39 is 0 Å². The lowest BCUT2D eigenvalue weighted by molar-refractivity contribution is 0.210. The Morgan fingerprint density at radius 2 is 2.14 bits per heavy atom. The molecule has 0 aliphatic rings. The minimum absolute atomic E-state index is 0.184. The van der Waals surface area contributed by atoms with Crippen LogP contribution >= 0.6 is 0 Å². The number of aromatic nitrogens is 2. The number of benzene rings is 1. The molecule has 0 radical (unpaired) electrons. The normalized spacial score (nSPS) is 10.9. The Bertz CT molecular complexity index is 595. The van der Waals surface area contributed by atoms with Crippen LogP contribution in [0.2, 0.25) is 0 Å². The number of methoxy groups -OCH3 is 1. The summed E-state index contributed by atoms with van der Waals surface area (Å²) in [6.45, 7) is 6.09. The van der Waals surface area contributed by atoms with Gasteiger partial charge in [0.15, 0.2) is 0 Å². The van der Waals surface area contributed by atoms with Crippen LogP contribution in [-0.4, -0.2) is 29.8 Å². The number of imidazole rings is 1. The van der Waals surface area contributed by atoms with Crippen molar-refractivity contribution in [3.63, 3.8) is 0 Å². The van der Waals surface area contributed by atoms with Crippen LogP contribution in [0.1, 0.15) is 16.8 Å². The summed E-state index contributed by atoms with van der Waals surface area (Å²) in [6.07, 6.45) is 2.87. The summed E-state index contributed by atoms with van der Waals surface area (Å²) in [7, 11) is 1.68. The molecule has 0 bridgehead atoms. The highest BCUT2D eigenvalue weighted by molar-refractivity contribution is 5.30. The molecule has 0 aliphatic carbocycles. The number of hydrogen-bond acceptors (Lipinski definition) is 3. The van der Waals surface area contributed by atoms with E-state index in [9.17, 15) is 4.39 Å². The summed E-state index contributed by atoms with van der Waals surface area (Å²) >= 11 is 0. The zero-order valence-electron chi connectivity index (χ0n) is 12.8. The van der Waals surface area contributed by atoms with Gasteiger partial charge < -0.3 is 14.6 Å². The van der Waals surface area contributed by atoms with Crippen molar-refractivity contribution in [2.45, 2.75) is 26.8 Å². The summed E-state index contributed by atoms with van der Waals surface area (Å²) in [4.78, 5) is 4.47. The molecule has 1 N–H and O–H groups in total. The van der Waals surface area contributed by atoms with Crippen LogP contribution in [0, 0.1) is 19.7 Å². The maximum Gasteiger partial charge on any atom is 0.203 e. The molecule has 2 aromatic rings. The maximum absolute atomic E-state index is 13.1. The smallest absolute Gasteiger partial charge is 0.203 e. The Morgan fingerprint density at radius 1 is 1.33 bits per heavy atom. The summed E-state index contributed by atoms with van der Waals surface area (Å²) < 4.78 is 20.2. The molecule has 114 valence electrons. The summed E-state index contributed by atoms with van der Waals surface area (Å²) in [5.74, 6) is 0.668. The van der Waals surface area contributed by atoms with E-state index in [1.165, 1.54) is 6.07 Å². The van der Waals surface area contributed by atoms with Gasteiger partial charge in [0.2, 0.25) is 5.95 Å². The second-order valence-corrected chi connectivity index (χ2v) is 5.14. The summed E-state index contributed by atoms with van der Waals surface area (Å²) in [5, 5.41) is 3.26. The molecule has 0 amide bonds. The molecule has 0 fully saturated rings. The van der Waals surface area contributed by atoms with Gasteiger partial charge in [-0.1, -0.05) is 6.07 Å². The van der Waals surface area contributed by atoms with Crippen molar-refractivity contribution < 1.29 is 9.13 Å². The fourth-order valence-corrected chi connectivity index (χ4v) is 2.30. The topological polar surface area (TPSA) is 39.1 Å². The average molecular weight is 291 g/mol. The van der Waals surface area contributed by atoms with E-state index >= 15 is 0 Å². The van der Waals surface area contributed by atoms with E-state index in [-0.39, 0.29) is 5.82 Å². The molecular formula is C16H22FN3O. The molecule has 0 spiro atoms. The Morgan fingerprint density at radius 3 is 2.86 bits per heavy atom. The van der Waals surface area contributed by atoms with E-state index in [0.717, 1.165) is 42.3 Å². The van der Waals surface area contributed by atoms with Crippen molar-refractivity contribution in [2.75, 3.05) is 25.6 Å². The Hall–Kier alpha value is -1.88. The lowest BCUT2D eigenvalue weighted by Crippen LogP contribution is -2.13. The van der Waals surface area contributed by atoms with Crippen LogP contribution in [0.15, 0.2) is 24.4 Å². The Balaban J connectivity index is 2.02. The molecular weight excluding hydrogens is 269 g/mol. The third kappa shape index (κ3) is 4.29. The third-order valence-electron chi connectivity index (χ3n) is 3.41. The Kier molecular flexibility index (Phi) is 5.33. The van der Waals surface area contributed by atoms with Crippen molar-refractivity contribution in [3.8, 4) is 0 Å². The number of nitrogens with zero attached hydrogens (tertiary/aromatic N) is 2. The number of ether oxygens (including phenoxy) is 1. The van der Waals surface area contributed by atoms with Gasteiger partial charge >= 0.3 is 0 Å². The molecule has 0 unspecified atom stereocenters. The lowest BCUT2D eigenvalue weighted by atomic mass is 10.1. The number of nitrogens with one attached hydrogen (secondary N) is 1. The highest BCUT2D eigenvalue weighted by Crippen LogP contribution is 2.14. The van der Waals surface area contributed by atoms with Crippen molar-refractivity contribution in [1.29, 1.82) is 0 Å². The van der Waals surface area contributed by atoms with Crippen molar-refractivity contribution >= 4 is 5.95 Å². The highest BCUT2D eigenvalue weighted by atomic mass is 19.1. The Labute approximate surface area is 125 Å². The predicted molar refractivity (Wildman–Crippen MR) is 82.2 cm³/mol. The van der Waals surface area contributed by atoms with E-state index in [0.29, 0.717) is 6.61 Å². The van der Waals surface area contributed by atoms with Crippen LogP contribution in [0.3, 0.4) is 0 Å². The van der Waals surface area contributed by atoms with Gasteiger partial charge in [-0.25, -0.2) is 9.37 Å². The van der Waals surface area contributed by atoms with Gasteiger partial charge in [0.25, 0.3) is 0 Å².